The molecule has 1 aliphatic heterocycles. The van der Waals surface area contributed by atoms with Gasteiger partial charge in [0.05, 0.1) is 17.1 Å². The number of carbonyl (C=O) groups excluding carboxylic acids is 1. The molecule has 1 unspecified atom stereocenters. The van der Waals surface area contributed by atoms with Crippen LogP contribution in [-0.4, -0.2) is 31.6 Å². The summed E-state index contributed by atoms with van der Waals surface area (Å²) in [6, 6.07) is 3.26. The number of halogens is 4. The molecule has 1 atom stereocenters. The minimum absolute atomic E-state index is 0.0544. The monoisotopic (exact) mass is 368 g/mol. The van der Waals surface area contributed by atoms with Gasteiger partial charge in [0.15, 0.2) is 0 Å². The van der Waals surface area contributed by atoms with Crippen LogP contribution in [0.2, 0.25) is 0 Å². The quantitative estimate of drug-likeness (QED) is 0.860. The van der Waals surface area contributed by atoms with Gasteiger partial charge in [-0.15, -0.1) is 13.2 Å². The molecular formula is C12H12BrF3N2O3. The van der Waals surface area contributed by atoms with Crippen LogP contribution in [0.15, 0.2) is 22.7 Å². The van der Waals surface area contributed by atoms with E-state index in [2.05, 4.69) is 31.3 Å². The molecule has 1 heterocycles. The lowest BCUT2D eigenvalue weighted by Crippen LogP contribution is -2.38. The lowest BCUT2D eigenvalue weighted by Gasteiger charge is -2.14. The van der Waals surface area contributed by atoms with Gasteiger partial charge in [0, 0.05) is 12.3 Å². The first kappa shape index (κ1) is 15.9. The number of carbonyl (C=O) groups is 1. The molecule has 1 fully saturated rings. The highest BCUT2D eigenvalue weighted by Crippen LogP contribution is 2.32. The largest absolute Gasteiger partial charge is 0.573 e. The first-order valence-corrected chi connectivity index (χ1v) is 6.83. The average molecular weight is 369 g/mol. The van der Waals surface area contributed by atoms with Gasteiger partial charge in [0.2, 0.25) is 0 Å². The van der Waals surface area contributed by atoms with Crippen LogP contribution in [0.25, 0.3) is 0 Å². The molecule has 0 spiro atoms. The average Bonchev–Trinajstić information content (AvgIpc) is 2.84. The van der Waals surface area contributed by atoms with Crippen LogP contribution < -0.4 is 15.4 Å². The fraction of sp³-hybridized carbons (Fsp3) is 0.417. The SMILES string of the molecule is O=C(Nc1ccc(OC(F)(F)F)c(Br)c1)NC1CCOC1. The van der Waals surface area contributed by atoms with Gasteiger partial charge in [-0.1, -0.05) is 0 Å². The zero-order valence-corrected chi connectivity index (χ0v) is 12.3. The van der Waals surface area contributed by atoms with Crippen LogP contribution in [-0.2, 0) is 4.74 Å². The molecule has 0 radical (unpaired) electrons. The fourth-order valence-electron chi connectivity index (χ4n) is 1.79. The normalized spacial score (nSPS) is 18.4. The van der Waals surface area contributed by atoms with Gasteiger partial charge < -0.3 is 20.1 Å². The number of nitrogens with one attached hydrogen (secondary N) is 2. The van der Waals surface area contributed by atoms with Gasteiger partial charge in [-0.2, -0.15) is 0 Å². The second-order valence-electron chi connectivity index (χ2n) is 4.35. The standard InChI is InChI=1S/C12H12BrF3N2O3/c13-9-5-7(1-2-10(9)21-12(14,15)16)17-11(19)18-8-3-4-20-6-8/h1-2,5,8H,3-4,6H2,(H2,17,18,19). The predicted molar refractivity (Wildman–Crippen MR) is 72.2 cm³/mol. The highest BCUT2D eigenvalue weighted by molar-refractivity contribution is 9.10. The van der Waals surface area contributed by atoms with Crippen molar-refractivity contribution in [2.45, 2.75) is 18.8 Å². The summed E-state index contributed by atoms with van der Waals surface area (Å²) in [6.45, 7) is 1.05. The molecule has 2 rings (SSSR count). The molecule has 1 aromatic rings. The van der Waals surface area contributed by atoms with Crippen molar-refractivity contribution in [2.24, 2.45) is 0 Å². The first-order valence-electron chi connectivity index (χ1n) is 6.04. The Kier molecular flexibility index (Phi) is 4.94. The lowest BCUT2D eigenvalue weighted by molar-refractivity contribution is -0.274. The van der Waals surface area contributed by atoms with Crippen molar-refractivity contribution < 1.29 is 27.4 Å². The van der Waals surface area contributed by atoms with Crippen LogP contribution in [0.5, 0.6) is 5.75 Å². The maximum absolute atomic E-state index is 12.1. The second-order valence-corrected chi connectivity index (χ2v) is 5.21. The van der Waals surface area contributed by atoms with Crippen molar-refractivity contribution in [1.29, 1.82) is 0 Å². The van der Waals surface area contributed by atoms with Gasteiger partial charge >= 0.3 is 12.4 Å². The fourth-order valence-corrected chi connectivity index (χ4v) is 2.25. The van der Waals surface area contributed by atoms with Gasteiger partial charge in [-0.3, -0.25) is 0 Å². The van der Waals surface area contributed by atoms with E-state index in [1.165, 1.54) is 12.1 Å². The molecule has 5 nitrogen and oxygen atoms in total. The summed E-state index contributed by atoms with van der Waals surface area (Å²) in [7, 11) is 0. The highest BCUT2D eigenvalue weighted by atomic mass is 79.9. The van der Waals surface area contributed by atoms with E-state index in [1.807, 2.05) is 0 Å². The van der Waals surface area contributed by atoms with Gasteiger partial charge in [-0.05, 0) is 40.5 Å². The van der Waals surface area contributed by atoms with Crippen molar-refractivity contribution in [3.8, 4) is 5.75 Å². The van der Waals surface area contributed by atoms with E-state index in [0.29, 0.717) is 18.9 Å². The molecule has 0 aliphatic carbocycles. The van der Waals surface area contributed by atoms with Crippen molar-refractivity contribution in [3.05, 3.63) is 22.7 Å². The Bertz CT molecular complexity index is 519. The minimum Gasteiger partial charge on any atom is -0.405 e. The Morgan fingerprint density at radius 1 is 1.43 bits per heavy atom. The molecule has 1 aliphatic rings. The lowest BCUT2D eigenvalue weighted by atomic mass is 10.2. The third kappa shape index (κ3) is 5.09. The van der Waals surface area contributed by atoms with Gasteiger partial charge in [0.1, 0.15) is 5.75 Å². The maximum Gasteiger partial charge on any atom is 0.573 e. The van der Waals surface area contributed by atoms with Crippen LogP contribution in [0.4, 0.5) is 23.7 Å². The maximum atomic E-state index is 12.1. The summed E-state index contributed by atoms with van der Waals surface area (Å²) < 4.78 is 45.4. The van der Waals surface area contributed by atoms with E-state index in [4.69, 9.17) is 4.74 Å². The first-order chi connectivity index (χ1) is 9.83. The van der Waals surface area contributed by atoms with Crippen molar-refractivity contribution >= 4 is 27.6 Å². The van der Waals surface area contributed by atoms with E-state index < -0.39 is 12.4 Å². The minimum atomic E-state index is -4.77. The molecule has 2 amide bonds. The van der Waals surface area contributed by atoms with Crippen LogP contribution in [0.1, 0.15) is 6.42 Å². The number of hydrogen-bond donors (Lipinski definition) is 2. The summed E-state index contributed by atoms with van der Waals surface area (Å²) in [5.74, 6) is -0.377. The Labute approximate surface area is 126 Å². The molecule has 116 valence electrons. The number of rotatable bonds is 3. The number of anilines is 1. The number of amides is 2. The van der Waals surface area contributed by atoms with Crippen molar-refractivity contribution in [1.82, 2.24) is 5.32 Å². The van der Waals surface area contributed by atoms with Crippen molar-refractivity contribution in [3.63, 3.8) is 0 Å². The van der Waals surface area contributed by atoms with Crippen LogP contribution in [0.3, 0.4) is 0 Å². The van der Waals surface area contributed by atoms with E-state index in [1.54, 1.807) is 0 Å². The van der Waals surface area contributed by atoms with E-state index in [0.717, 1.165) is 12.5 Å². The molecule has 9 heteroatoms. The van der Waals surface area contributed by atoms with Crippen LogP contribution >= 0.6 is 15.9 Å². The van der Waals surface area contributed by atoms with Gasteiger partial charge in [-0.25, -0.2) is 4.79 Å². The zero-order valence-electron chi connectivity index (χ0n) is 10.7. The molecular weight excluding hydrogens is 357 g/mol. The number of hydrogen-bond acceptors (Lipinski definition) is 3. The summed E-state index contributed by atoms with van der Waals surface area (Å²) in [4.78, 5) is 11.7. The Morgan fingerprint density at radius 2 is 2.19 bits per heavy atom. The molecule has 1 saturated heterocycles. The summed E-state index contributed by atoms with van der Waals surface area (Å²) in [5, 5.41) is 5.23. The molecule has 0 saturated carbocycles. The predicted octanol–water partition coefficient (Wildman–Crippen LogP) is 3.26. The number of ether oxygens (including phenoxy) is 2. The molecule has 1 aromatic carbocycles. The number of benzene rings is 1. The van der Waals surface area contributed by atoms with E-state index in [9.17, 15) is 18.0 Å². The highest BCUT2D eigenvalue weighted by Gasteiger charge is 2.32. The Hall–Kier alpha value is -1.48. The molecule has 0 aromatic heterocycles. The summed E-state index contributed by atoms with van der Waals surface area (Å²) >= 11 is 2.96. The van der Waals surface area contributed by atoms with Crippen LogP contribution in [0, 0.1) is 0 Å². The Balaban J connectivity index is 1.94. The van der Waals surface area contributed by atoms with E-state index >= 15 is 0 Å². The third-order valence-electron chi connectivity index (χ3n) is 2.68. The summed E-state index contributed by atoms with van der Waals surface area (Å²) in [5.41, 5.74) is 0.341. The topological polar surface area (TPSA) is 59.6 Å². The third-order valence-corrected chi connectivity index (χ3v) is 3.30. The Morgan fingerprint density at radius 3 is 2.76 bits per heavy atom. The number of urea groups is 1. The van der Waals surface area contributed by atoms with E-state index in [-0.39, 0.29) is 16.3 Å². The molecule has 0 bridgehead atoms. The zero-order chi connectivity index (χ0) is 15.5. The second kappa shape index (κ2) is 6.52. The molecule has 2 N–H and O–H groups in total. The van der Waals surface area contributed by atoms with Crippen molar-refractivity contribution in [2.75, 3.05) is 18.5 Å². The smallest absolute Gasteiger partial charge is 0.405 e. The van der Waals surface area contributed by atoms with Gasteiger partial charge in [0.25, 0.3) is 0 Å². The molecule has 21 heavy (non-hydrogen) atoms. The summed E-state index contributed by atoms with van der Waals surface area (Å²) in [6.07, 6.45) is -4.03. The number of alkyl halides is 3.